The molecule has 3 rings (SSSR count). The molecular formula is C23H25N3O3. The first-order valence-electron chi connectivity index (χ1n) is 9.55. The number of nitrogens with one attached hydrogen (secondary N) is 2. The maximum Gasteiger partial charge on any atom is 0.269 e. The molecule has 0 spiro atoms. The molecule has 0 aliphatic heterocycles. The highest BCUT2D eigenvalue weighted by Gasteiger charge is 2.09. The third kappa shape index (κ3) is 5.72. The van der Waals surface area contributed by atoms with Crippen LogP contribution in [0.25, 0.3) is 0 Å². The predicted molar refractivity (Wildman–Crippen MR) is 114 cm³/mol. The summed E-state index contributed by atoms with van der Waals surface area (Å²) in [5, 5.41) is 6.20. The summed E-state index contributed by atoms with van der Waals surface area (Å²) in [6.07, 6.45) is 2.35. The SMILES string of the molecule is CCOc1ccccc1Nc1ccnc(C(=O)NCCc2ccc(OC)cc2)c1. The quantitative estimate of drug-likeness (QED) is 0.572. The Labute approximate surface area is 170 Å². The van der Waals surface area contributed by atoms with E-state index in [1.54, 1.807) is 19.4 Å². The molecule has 29 heavy (non-hydrogen) atoms. The second-order valence-electron chi connectivity index (χ2n) is 6.34. The lowest BCUT2D eigenvalue weighted by Crippen LogP contribution is -2.26. The predicted octanol–water partition coefficient (Wildman–Crippen LogP) is 4.21. The van der Waals surface area contributed by atoms with Gasteiger partial charge in [-0.15, -0.1) is 0 Å². The molecule has 2 aromatic carbocycles. The van der Waals surface area contributed by atoms with Crippen molar-refractivity contribution in [2.45, 2.75) is 13.3 Å². The minimum absolute atomic E-state index is 0.208. The van der Waals surface area contributed by atoms with Crippen molar-refractivity contribution >= 4 is 17.3 Å². The minimum Gasteiger partial charge on any atom is -0.497 e. The molecule has 1 aromatic heterocycles. The van der Waals surface area contributed by atoms with Gasteiger partial charge in [0.1, 0.15) is 17.2 Å². The van der Waals surface area contributed by atoms with Crippen molar-refractivity contribution in [1.29, 1.82) is 0 Å². The van der Waals surface area contributed by atoms with Crippen LogP contribution in [0.15, 0.2) is 66.9 Å². The zero-order valence-corrected chi connectivity index (χ0v) is 16.6. The van der Waals surface area contributed by atoms with Crippen LogP contribution in [0, 0.1) is 0 Å². The van der Waals surface area contributed by atoms with Crippen LogP contribution in [-0.4, -0.2) is 31.2 Å². The number of amides is 1. The molecule has 0 radical (unpaired) electrons. The molecule has 0 atom stereocenters. The molecule has 6 nitrogen and oxygen atoms in total. The van der Waals surface area contributed by atoms with E-state index in [0.29, 0.717) is 18.8 Å². The van der Waals surface area contributed by atoms with Gasteiger partial charge in [-0.3, -0.25) is 9.78 Å². The monoisotopic (exact) mass is 391 g/mol. The first-order chi connectivity index (χ1) is 14.2. The van der Waals surface area contributed by atoms with Gasteiger partial charge in [0.05, 0.1) is 19.4 Å². The number of aromatic nitrogens is 1. The summed E-state index contributed by atoms with van der Waals surface area (Å²) < 4.78 is 10.8. The highest BCUT2D eigenvalue weighted by Crippen LogP contribution is 2.27. The Kier molecular flexibility index (Phi) is 7.05. The number of hydrogen-bond donors (Lipinski definition) is 2. The van der Waals surface area contributed by atoms with E-state index in [2.05, 4.69) is 15.6 Å². The molecular weight excluding hydrogens is 366 g/mol. The molecule has 1 amide bonds. The van der Waals surface area contributed by atoms with Crippen LogP contribution in [-0.2, 0) is 6.42 Å². The van der Waals surface area contributed by atoms with E-state index >= 15 is 0 Å². The maximum atomic E-state index is 12.5. The van der Waals surface area contributed by atoms with E-state index in [1.165, 1.54) is 0 Å². The lowest BCUT2D eigenvalue weighted by atomic mass is 10.1. The lowest BCUT2D eigenvalue weighted by Gasteiger charge is -2.12. The fourth-order valence-corrected chi connectivity index (χ4v) is 2.84. The van der Waals surface area contributed by atoms with E-state index < -0.39 is 0 Å². The number of benzene rings is 2. The molecule has 1 heterocycles. The smallest absolute Gasteiger partial charge is 0.269 e. The van der Waals surface area contributed by atoms with Gasteiger partial charge in [0.15, 0.2) is 0 Å². The van der Waals surface area contributed by atoms with Gasteiger partial charge in [0.2, 0.25) is 0 Å². The highest BCUT2D eigenvalue weighted by atomic mass is 16.5. The van der Waals surface area contributed by atoms with E-state index in [-0.39, 0.29) is 5.91 Å². The molecule has 0 aliphatic rings. The zero-order valence-electron chi connectivity index (χ0n) is 16.6. The van der Waals surface area contributed by atoms with Gasteiger partial charge in [0.25, 0.3) is 5.91 Å². The van der Waals surface area contributed by atoms with Crippen molar-refractivity contribution < 1.29 is 14.3 Å². The summed E-state index contributed by atoms with van der Waals surface area (Å²) in [5.41, 5.74) is 3.10. The summed E-state index contributed by atoms with van der Waals surface area (Å²) in [7, 11) is 1.64. The largest absolute Gasteiger partial charge is 0.497 e. The summed E-state index contributed by atoms with van der Waals surface area (Å²) in [5.74, 6) is 1.37. The van der Waals surface area contributed by atoms with Crippen molar-refractivity contribution in [2.75, 3.05) is 25.6 Å². The van der Waals surface area contributed by atoms with Gasteiger partial charge in [-0.2, -0.15) is 0 Å². The van der Waals surface area contributed by atoms with Crippen molar-refractivity contribution in [1.82, 2.24) is 10.3 Å². The standard InChI is InChI=1S/C23H25N3O3/c1-3-29-22-7-5-4-6-20(22)26-18-13-15-24-21(16-18)23(27)25-14-12-17-8-10-19(28-2)11-9-17/h4-11,13,15-16H,3,12,14H2,1-2H3,(H,24,26)(H,25,27). The number of carbonyl (C=O) groups is 1. The first-order valence-corrected chi connectivity index (χ1v) is 9.55. The van der Waals surface area contributed by atoms with Crippen molar-refractivity contribution in [3.05, 3.63) is 78.1 Å². The van der Waals surface area contributed by atoms with Gasteiger partial charge in [-0.25, -0.2) is 0 Å². The normalized spacial score (nSPS) is 10.3. The molecule has 2 N–H and O–H groups in total. The van der Waals surface area contributed by atoms with Gasteiger partial charge >= 0.3 is 0 Å². The van der Waals surface area contributed by atoms with Crippen molar-refractivity contribution in [2.24, 2.45) is 0 Å². The molecule has 150 valence electrons. The van der Waals surface area contributed by atoms with E-state index in [9.17, 15) is 4.79 Å². The number of carbonyl (C=O) groups excluding carboxylic acids is 1. The van der Waals surface area contributed by atoms with Crippen molar-refractivity contribution in [3.63, 3.8) is 0 Å². The Hall–Kier alpha value is -3.54. The number of methoxy groups -OCH3 is 1. The first kappa shape index (κ1) is 20.2. The van der Waals surface area contributed by atoms with Gasteiger partial charge in [0, 0.05) is 18.4 Å². The summed E-state index contributed by atoms with van der Waals surface area (Å²) in [4.78, 5) is 16.7. The van der Waals surface area contributed by atoms with Crippen LogP contribution >= 0.6 is 0 Å². The summed E-state index contributed by atoms with van der Waals surface area (Å²) in [6, 6.07) is 19.0. The van der Waals surface area contributed by atoms with Crippen LogP contribution in [0.5, 0.6) is 11.5 Å². The van der Waals surface area contributed by atoms with Crippen LogP contribution in [0.4, 0.5) is 11.4 Å². The third-order valence-electron chi connectivity index (χ3n) is 4.32. The minimum atomic E-state index is -0.208. The highest BCUT2D eigenvalue weighted by molar-refractivity contribution is 5.93. The fourth-order valence-electron chi connectivity index (χ4n) is 2.84. The average molecular weight is 391 g/mol. The molecule has 0 unspecified atom stereocenters. The molecule has 0 aliphatic carbocycles. The van der Waals surface area contributed by atoms with Crippen LogP contribution in [0.1, 0.15) is 23.0 Å². The Morgan fingerprint density at radius 1 is 1.07 bits per heavy atom. The number of nitrogens with zero attached hydrogens (tertiary/aromatic N) is 1. The molecule has 0 fully saturated rings. The summed E-state index contributed by atoms with van der Waals surface area (Å²) in [6.45, 7) is 3.05. The number of rotatable bonds is 9. The Balaban J connectivity index is 1.59. The van der Waals surface area contributed by atoms with Gasteiger partial charge < -0.3 is 20.1 Å². The molecule has 6 heteroatoms. The van der Waals surface area contributed by atoms with Crippen LogP contribution in [0.3, 0.4) is 0 Å². The van der Waals surface area contributed by atoms with E-state index in [0.717, 1.165) is 34.9 Å². The molecule has 0 bridgehead atoms. The van der Waals surface area contributed by atoms with Crippen LogP contribution in [0.2, 0.25) is 0 Å². The molecule has 0 saturated heterocycles. The van der Waals surface area contributed by atoms with Crippen LogP contribution < -0.4 is 20.1 Å². The second-order valence-corrected chi connectivity index (χ2v) is 6.34. The molecule has 3 aromatic rings. The van der Waals surface area contributed by atoms with Gasteiger partial charge in [-0.1, -0.05) is 24.3 Å². The lowest BCUT2D eigenvalue weighted by molar-refractivity contribution is 0.0949. The number of hydrogen-bond acceptors (Lipinski definition) is 5. The van der Waals surface area contributed by atoms with E-state index in [4.69, 9.17) is 9.47 Å². The third-order valence-corrected chi connectivity index (χ3v) is 4.32. The van der Waals surface area contributed by atoms with E-state index in [1.807, 2.05) is 61.5 Å². The topological polar surface area (TPSA) is 72.5 Å². The Morgan fingerprint density at radius 2 is 1.86 bits per heavy atom. The maximum absolute atomic E-state index is 12.5. The number of pyridine rings is 1. The number of anilines is 2. The summed E-state index contributed by atoms with van der Waals surface area (Å²) >= 11 is 0. The zero-order chi connectivity index (χ0) is 20.5. The Bertz CT molecular complexity index is 942. The average Bonchev–Trinajstić information content (AvgIpc) is 2.76. The number of ether oxygens (including phenoxy) is 2. The Morgan fingerprint density at radius 3 is 2.62 bits per heavy atom. The molecule has 0 saturated carbocycles. The van der Waals surface area contributed by atoms with Crippen molar-refractivity contribution in [3.8, 4) is 11.5 Å². The fraction of sp³-hybridized carbons (Fsp3) is 0.217. The second kappa shape index (κ2) is 10.1. The van der Waals surface area contributed by atoms with Gasteiger partial charge in [-0.05, 0) is 55.3 Å². The number of para-hydroxylation sites is 2.